The van der Waals surface area contributed by atoms with Crippen molar-refractivity contribution in [2.24, 2.45) is 0 Å². The molecule has 0 atom stereocenters. The van der Waals surface area contributed by atoms with E-state index in [-0.39, 0.29) is 5.75 Å². The zero-order valence-corrected chi connectivity index (χ0v) is 14.0. The number of aromatic nitrogens is 1. The van der Waals surface area contributed by atoms with Crippen LogP contribution in [0.25, 0.3) is 10.9 Å². The first kappa shape index (κ1) is 16.3. The number of pyridine rings is 1. The van der Waals surface area contributed by atoms with E-state index < -0.39 is 20.8 Å². The summed E-state index contributed by atoms with van der Waals surface area (Å²) in [4.78, 5) is 4.03. The quantitative estimate of drug-likeness (QED) is 0.579. The van der Waals surface area contributed by atoms with Gasteiger partial charge in [0.2, 0.25) is 0 Å². The first-order chi connectivity index (χ1) is 9.29. The van der Waals surface area contributed by atoms with Crippen molar-refractivity contribution in [1.29, 1.82) is 0 Å². The summed E-state index contributed by atoms with van der Waals surface area (Å²) in [5.41, 5.74) is 0.662. The minimum absolute atomic E-state index is 0.239. The summed E-state index contributed by atoms with van der Waals surface area (Å²) in [6, 6.07) is 19.1. The maximum atomic E-state index is 9.31. The van der Waals surface area contributed by atoms with Crippen molar-refractivity contribution in [3.8, 4) is 5.75 Å². The van der Waals surface area contributed by atoms with Gasteiger partial charge in [0.25, 0.3) is 0 Å². The van der Waals surface area contributed by atoms with Crippen LogP contribution in [-0.4, -0.2) is 10.1 Å². The molecule has 0 aliphatic rings. The number of phenols is 1. The van der Waals surface area contributed by atoms with Gasteiger partial charge in [0.1, 0.15) is 11.3 Å². The Morgan fingerprint density at radius 3 is 2.16 bits per heavy atom. The van der Waals surface area contributed by atoms with E-state index in [9.17, 15) is 5.11 Å². The average Bonchev–Trinajstić information content (AvgIpc) is 2.99. The monoisotopic (exact) mass is 370 g/mol. The molecule has 1 aromatic heterocycles. The molecule has 0 unspecified atom stereocenters. The molecule has 2 aromatic carbocycles. The van der Waals surface area contributed by atoms with E-state index in [0.717, 1.165) is 5.39 Å². The fraction of sp³-hybridized carbons (Fsp3) is 0. The first-order valence-electron chi connectivity index (χ1n) is 5.45. The Labute approximate surface area is 131 Å². The molecule has 1 N–H and O–H groups in total. The fourth-order valence-electron chi connectivity index (χ4n) is 1.41. The maximum Gasteiger partial charge on any atom is -0.172 e. The molecule has 1 heterocycles. The standard InChI is InChI=1S/C9H7NO.C5H5.2ClH.Zr/c11-8-5-1-3-7-4-2-6-10-9(7)8;1-2-4-5-3-1;;;/h1-6,11H;1-5H;2*1H;/q;-1;;;+2/p-2. The molecule has 0 aliphatic carbocycles. The smallest absolute Gasteiger partial charge is 0.172 e. The van der Waals surface area contributed by atoms with Crippen molar-refractivity contribution in [1.82, 2.24) is 4.98 Å². The fourth-order valence-corrected chi connectivity index (χ4v) is 1.41. The molecule has 0 saturated heterocycles. The molecule has 0 saturated carbocycles. The summed E-state index contributed by atoms with van der Waals surface area (Å²) in [5.74, 6) is 0.239. The number of benzene rings is 1. The van der Waals surface area contributed by atoms with Crippen LogP contribution in [0.1, 0.15) is 0 Å². The molecule has 5 heteroatoms. The van der Waals surface area contributed by atoms with E-state index in [1.807, 2.05) is 48.5 Å². The van der Waals surface area contributed by atoms with Crippen molar-refractivity contribution in [2.75, 3.05) is 0 Å². The third-order valence-corrected chi connectivity index (χ3v) is 2.17. The molecule has 0 aliphatic heterocycles. The zero-order chi connectivity index (χ0) is 13.9. The summed E-state index contributed by atoms with van der Waals surface area (Å²) in [5, 5.41) is 10.3. The van der Waals surface area contributed by atoms with E-state index >= 15 is 0 Å². The Kier molecular flexibility index (Phi) is 8.65. The van der Waals surface area contributed by atoms with Crippen LogP contribution in [0.15, 0.2) is 66.9 Å². The van der Waals surface area contributed by atoms with Gasteiger partial charge in [-0.05, 0) is 12.1 Å². The number of nitrogens with zero attached hydrogens (tertiary/aromatic N) is 1. The van der Waals surface area contributed by atoms with E-state index in [0.29, 0.717) is 5.52 Å². The van der Waals surface area contributed by atoms with Crippen molar-refractivity contribution in [3.05, 3.63) is 66.9 Å². The third-order valence-electron chi connectivity index (χ3n) is 2.17. The predicted molar refractivity (Wildman–Crippen MR) is 77.1 cm³/mol. The Morgan fingerprint density at radius 2 is 1.63 bits per heavy atom. The number of hydrogen-bond acceptors (Lipinski definition) is 2. The van der Waals surface area contributed by atoms with E-state index in [1.165, 1.54) is 0 Å². The molecule has 0 amide bonds. The molecule has 0 fully saturated rings. The summed E-state index contributed by atoms with van der Waals surface area (Å²) >= 11 is -0.826. The van der Waals surface area contributed by atoms with Crippen LogP contribution in [-0.2, 0) is 20.8 Å². The number of hydrogen-bond donors (Lipinski definition) is 1. The zero-order valence-electron chi connectivity index (χ0n) is 10.0. The van der Waals surface area contributed by atoms with Crippen LogP contribution in [0.2, 0.25) is 0 Å². The largest absolute Gasteiger partial charge is 0.214 e. The molecular formula is C14H12Cl2NOZr-. The SMILES string of the molecule is Oc1cccc2cccnc12.[Cl][Zr][Cl].c1cc[cH-]c1. The van der Waals surface area contributed by atoms with Crippen LogP contribution < -0.4 is 0 Å². The van der Waals surface area contributed by atoms with Crippen LogP contribution in [0.4, 0.5) is 0 Å². The Balaban J connectivity index is 0.000000188. The Bertz CT molecular complexity index is 550. The summed E-state index contributed by atoms with van der Waals surface area (Å²) < 4.78 is 0. The summed E-state index contributed by atoms with van der Waals surface area (Å²) in [6.45, 7) is 0. The van der Waals surface area contributed by atoms with Gasteiger partial charge in [0.05, 0.1) is 0 Å². The minimum Gasteiger partial charge on any atom is -0.214 e. The summed E-state index contributed by atoms with van der Waals surface area (Å²) in [7, 11) is 9.87. The second kappa shape index (κ2) is 10.1. The minimum atomic E-state index is -0.826. The van der Waals surface area contributed by atoms with Gasteiger partial charge in [0.15, 0.2) is 0 Å². The van der Waals surface area contributed by atoms with Gasteiger partial charge in [-0.25, -0.2) is 12.1 Å². The van der Waals surface area contributed by atoms with Gasteiger partial charge in [0, 0.05) is 11.6 Å². The second-order valence-corrected chi connectivity index (χ2v) is 7.12. The van der Waals surface area contributed by atoms with Gasteiger partial charge in [-0.1, -0.05) is 18.2 Å². The van der Waals surface area contributed by atoms with Crippen LogP contribution in [0.5, 0.6) is 5.75 Å². The van der Waals surface area contributed by atoms with Crippen molar-refractivity contribution >= 4 is 27.9 Å². The van der Waals surface area contributed by atoms with Gasteiger partial charge in [-0.2, -0.15) is 18.2 Å². The van der Waals surface area contributed by atoms with Crippen molar-refractivity contribution in [3.63, 3.8) is 0 Å². The molecule has 3 aromatic rings. The summed E-state index contributed by atoms with van der Waals surface area (Å²) in [6.07, 6.45) is 1.67. The molecule has 3 rings (SSSR count). The normalized spacial score (nSPS) is 8.74. The second-order valence-electron chi connectivity index (χ2n) is 3.39. The van der Waals surface area contributed by atoms with Crippen molar-refractivity contribution < 1.29 is 26.0 Å². The van der Waals surface area contributed by atoms with E-state index in [4.69, 9.17) is 17.0 Å². The topological polar surface area (TPSA) is 33.1 Å². The number of aromatic hydroxyl groups is 1. The number of rotatable bonds is 0. The van der Waals surface area contributed by atoms with Gasteiger partial charge >= 0.3 is 37.9 Å². The van der Waals surface area contributed by atoms with Gasteiger partial charge < -0.3 is 5.11 Å². The maximum absolute atomic E-state index is 9.31. The van der Waals surface area contributed by atoms with E-state index in [1.54, 1.807) is 18.3 Å². The number of para-hydroxylation sites is 1. The van der Waals surface area contributed by atoms with Crippen LogP contribution in [0, 0.1) is 0 Å². The first-order valence-corrected chi connectivity index (χ1v) is 11.8. The molecular weight excluding hydrogens is 360 g/mol. The Morgan fingerprint density at radius 1 is 1.00 bits per heavy atom. The van der Waals surface area contributed by atoms with Crippen LogP contribution >= 0.6 is 17.0 Å². The molecule has 0 spiro atoms. The van der Waals surface area contributed by atoms with Gasteiger partial charge in [-0.3, -0.25) is 4.98 Å². The van der Waals surface area contributed by atoms with Crippen LogP contribution in [0.3, 0.4) is 0 Å². The number of fused-ring (bicyclic) bond motifs is 1. The molecule has 2 nitrogen and oxygen atoms in total. The number of phenolic OH excluding ortho intramolecular Hbond substituents is 1. The average molecular weight is 372 g/mol. The molecule has 0 bridgehead atoms. The molecule has 98 valence electrons. The van der Waals surface area contributed by atoms with E-state index in [2.05, 4.69) is 4.98 Å². The molecule has 19 heavy (non-hydrogen) atoms. The number of halogens is 2. The van der Waals surface area contributed by atoms with Gasteiger partial charge in [-0.15, -0.1) is 0 Å². The van der Waals surface area contributed by atoms with Crippen molar-refractivity contribution in [2.45, 2.75) is 0 Å². The molecule has 0 radical (unpaired) electrons. The predicted octanol–water partition coefficient (Wildman–Crippen LogP) is 4.72. The Hall–Kier alpha value is -0.757. The third kappa shape index (κ3) is 6.29.